The minimum absolute atomic E-state index is 0.238. The number of ether oxygens (including phenoxy) is 1. The number of carbonyl (C=O) groups excluding carboxylic acids is 1. The molecular weight excluding hydrogens is 180 g/mol. The zero-order valence-electron chi connectivity index (χ0n) is 9.17. The molecule has 1 amide bonds. The molecule has 0 unspecified atom stereocenters. The maximum Gasteiger partial charge on any atom is 0.407 e. The molecule has 1 heterocycles. The monoisotopic (exact) mass is 199 g/mol. The molecule has 4 heteroatoms. The first-order valence-corrected chi connectivity index (χ1v) is 5.10. The number of rotatable bonds is 1. The second-order valence-corrected chi connectivity index (χ2v) is 4.59. The third kappa shape index (κ3) is 4.46. The van der Waals surface area contributed by atoms with Gasteiger partial charge in [0, 0.05) is 19.1 Å². The van der Waals surface area contributed by atoms with Gasteiger partial charge in [-0.05, 0) is 33.6 Å². The summed E-state index contributed by atoms with van der Waals surface area (Å²) in [6.45, 7) is 7.29. The first kappa shape index (κ1) is 11.3. The third-order valence-electron chi connectivity index (χ3n) is 1.99. The number of amides is 1. The van der Waals surface area contributed by atoms with Crippen LogP contribution in [0.15, 0.2) is 0 Å². The molecule has 0 bridgehead atoms. The van der Waals surface area contributed by atoms with Crippen LogP contribution in [0.1, 0.15) is 33.6 Å². The highest BCUT2D eigenvalue weighted by Crippen LogP contribution is 2.08. The fourth-order valence-corrected chi connectivity index (χ4v) is 1.37. The second-order valence-electron chi connectivity index (χ2n) is 4.59. The Bertz CT molecular complexity index is 193. The Morgan fingerprint density at radius 2 is 1.93 bits per heavy atom. The molecule has 0 aliphatic carbocycles. The van der Waals surface area contributed by atoms with E-state index in [4.69, 9.17) is 4.74 Å². The van der Waals surface area contributed by atoms with E-state index in [1.807, 2.05) is 20.8 Å². The molecule has 0 aromatic rings. The lowest BCUT2D eigenvalue weighted by atomic mass is 10.1. The van der Waals surface area contributed by atoms with Crippen LogP contribution >= 0.6 is 0 Å². The van der Waals surface area contributed by atoms with Crippen LogP contribution in [0, 0.1) is 0 Å². The summed E-state index contributed by atoms with van der Waals surface area (Å²) < 4.78 is 5.16. The van der Waals surface area contributed by atoms with Crippen molar-refractivity contribution in [1.82, 2.24) is 10.6 Å². The standard InChI is InChI=1S/C10H19N2O2/c1-10(2,3)14-9(13)12-8-4-6-11-7-5-8/h8H,4-7H2,1-3H3,(H,12,13). The largest absolute Gasteiger partial charge is 0.444 e. The molecule has 0 saturated carbocycles. The van der Waals surface area contributed by atoms with Gasteiger partial charge in [-0.25, -0.2) is 10.1 Å². The topological polar surface area (TPSA) is 52.4 Å². The molecule has 4 nitrogen and oxygen atoms in total. The zero-order chi connectivity index (χ0) is 10.6. The van der Waals surface area contributed by atoms with Gasteiger partial charge in [-0.2, -0.15) is 0 Å². The van der Waals surface area contributed by atoms with Crippen molar-refractivity contribution < 1.29 is 9.53 Å². The van der Waals surface area contributed by atoms with E-state index in [1.54, 1.807) is 0 Å². The van der Waals surface area contributed by atoms with Gasteiger partial charge in [0.05, 0.1) is 0 Å². The van der Waals surface area contributed by atoms with E-state index in [0.717, 1.165) is 25.9 Å². The molecule has 1 fully saturated rings. The van der Waals surface area contributed by atoms with Crippen molar-refractivity contribution >= 4 is 6.09 Å². The predicted molar refractivity (Wildman–Crippen MR) is 54.3 cm³/mol. The molecule has 14 heavy (non-hydrogen) atoms. The maximum absolute atomic E-state index is 11.4. The van der Waals surface area contributed by atoms with E-state index in [2.05, 4.69) is 10.6 Å². The van der Waals surface area contributed by atoms with Crippen molar-refractivity contribution in [1.29, 1.82) is 0 Å². The first-order chi connectivity index (χ1) is 6.47. The molecule has 0 aromatic heterocycles. The van der Waals surface area contributed by atoms with Gasteiger partial charge in [-0.1, -0.05) is 0 Å². The summed E-state index contributed by atoms with van der Waals surface area (Å²) in [5, 5.41) is 7.07. The lowest BCUT2D eigenvalue weighted by Gasteiger charge is -2.25. The minimum atomic E-state index is -0.414. The Balaban J connectivity index is 2.25. The third-order valence-corrected chi connectivity index (χ3v) is 1.99. The summed E-state index contributed by atoms with van der Waals surface area (Å²) in [5.41, 5.74) is -0.414. The highest BCUT2D eigenvalue weighted by Gasteiger charge is 2.20. The van der Waals surface area contributed by atoms with Crippen LogP contribution in [0.5, 0.6) is 0 Å². The van der Waals surface area contributed by atoms with Crippen molar-refractivity contribution in [3.63, 3.8) is 0 Å². The van der Waals surface area contributed by atoms with Crippen LogP contribution in [0.4, 0.5) is 4.79 Å². The average Bonchev–Trinajstić information content (AvgIpc) is 2.02. The number of piperidine rings is 1. The van der Waals surface area contributed by atoms with Crippen LogP contribution in [0.25, 0.3) is 0 Å². The Hall–Kier alpha value is -0.770. The second kappa shape index (κ2) is 4.64. The minimum Gasteiger partial charge on any atom is -0.444 e. The van der Waals surface area contributed by atoms with E-state index < -0.39 is 5.60 Å². The molecule has 0 aromatic carbocycles. The smallest absolute Gasteiger partial charge is 0.407 e. The van der Waals surface area contributed by atoms with Crippen molar-refractivity contribution in [2.24, 2.45) is 0 Å². The van der Waals surface area contributed by atoms with Gasteiger partial charge in [0.1, 0.15) is 5.60 Å². The summed E-state index contributed by atoms with van der Waals surface area (Å²) >= 11 is 0. The molecule has 1 N–H and O–H groups in total. The quantitative estimate of drug-likeness (QED) is 0.691. The average molecular weight is 199 g/mol. The summed E-state index contributed by atoms with van der Waals surface area (Å²) in [7, 11) is 0. The van der Waals surface area contributed by atoms with Crippen molar-refractivity contribution in [2.75, 3.05) is 13.1 Å². The van der Waals surface area contributed by atoms with Crippen LogP contribution in [-0.4, -0.2) is 30.8 Å². The van der Waals surface area contributed by atoms with Gasteiger partial charge in [0.15, 0.2) is 0 Å². The SMILES string of the molecule is CC(C)(C)OC(=O)NC1CC[N]CC1. The first-order valence-electron chi connectivity index (χ1n) is 5.10. The van der Waals surface area contributed by atoms with Gasteiger partial charge >= 0.3 is 6.09 Å². The van der Waals surface area contributed by atoms with Gasteiger partial charge in [0.25, 0.3) is 0 Å². The summed E-state index contributed by atoms with van der Waals surface area (Å²) in [4.78, 5) is 11.4. The van der Waals surface area contributed by atoms with Crippen LogP contribution in [0.2, 0.25) is 0 Å². The van der Waals surface area contributed by atoms with Crippen LogP contribution in [0.3, 0.4) is 0 Å². The number of hydrogen-bond acceptors (Lipinski definition) is 2. The molecule has 1 saturated heterocycles. The predicted octanol–water partition coefficient (Wildman–Crippen LogP) is 1.28. The van der Waals surface area contributed by atoms with Crippen LogP contribution < -0.4 is 10.6 Å². The Morgan fingerprint density at radius 1 is 1.36 bits per heavy atom. The summed E-state index contributed by atoms with van der Waals surface area (Å²) in [6, 6.07) is 0.238. The lowest BCUT2D eigenvalue weighted by molar-refractivity contribution is 0.0495. The number of nitrogens with zero attached hydrogens (tertiary/aromatic N) is 1. The van der Waals surface area contributed by atoms with E-state index in [9.17, 15) is 4.79 Å². The van der Waals surface area contributed by atoms with Crippen molar-refractivity contribution in [3.8, 4) is 0 Å². The molecule has 1 radical (unpaired) electrons. The highest BCUT2D eigenvalue weighted by molar-refractivity contribution is 5.68. The van der Waals surface area contributed by atoms with Crippen molar-refractivity contribution in [3.05, 3.63) is 0 Å². The summed E-state index contributed by atoms with van der Waals surface area (Å²) in [6.07, 6.45) is 1.54. The number of alkyl carbamates (subject to hydrolysis) is 1. The number of nitrogens with one attached hydrogen (secondary N) is 1. The maximum atomic E-state index is 11.4. The van der Waals surface area contributed by atoms with Gasteiger partial charge in [0.2, 0.25) is 0 Å². The van der Waals surface area contributed by atoms with Gasteiger partial charge in [-0.3, -0.25) is 0 Å². The van der Waals surface area contributed by atoms with E-state index >= 15 is 0 Å². The fraction of sp³-hybridized carbons (Fsp3) is 0.900. The van der Waals surface area contributed by atoms with Gasteiger partial charge < -0.3 is 10.1 Å². The molecular formula is C10H19N2O2. The molecule has 0 spiro atoms. The highest BCUT2D eigenvalue weighted by atomic mass is 16.6. The van der Waals surface area contributed by atoms with Crippen LogP contribution in [-0.2, 0) is 4.74 Å². The van der Waals surface area contributed by atoms with Crippen molar-refractivity contribution in [2.45, 2.75) is 45.3 Å². The Labute approximate surface area is 85.4 Å². The molecule has 1 aliphatic heterocycles. The zero-order valence-corrected chi connectivity index (χ0v) is 9.17. The van der Waals surface area contributed by atoms with E-state index in [0.29, 0.717) is 0 Å². The summed E-state index contributed by atoms with van der Waals surface area (Å²) in [5.74, 6) is 0. The normalized spacial score (nSPS) is 19.1. The molecule has 1 aliphatic rings. The fourth-order valence-electron chi connectivity index (χ4n) is 1.37. The molecule has 1 rings (SSSR count). The number of hydrogen-bond donors (Lipinski definition) is 1. The van der Waals surface area contributed by atoms with E-state index in [1.165, 1.54) is 0 Å². The lowest BCUT2D eigenvalue weighted by Crippen LogP contribution is -2.43. The van der Waals surface area contributed by atoms with E-state index in [-0.39, 0.29) is 12.1 Å². The van der Waals surface area contributed by atoms with Gasteiger partial charge in [-0.15, -0.1) is 0 Å². The Kier molecular flexibility index (Phi) is 3.75. The Morgan fingerprint density at radius 3 is 2.43 bits per heavy atom. The number of carbonyl (C=O) groups is 1. The molecule has 0 atom stereocenters. The molecule has 81 valence electrons.